The maximum absolute atomic E-state index is 12.3. The second kappa shape index (κ2) is 11.4. The van der Waals surface area contributed by atoms with E-state index in [9.17, 15) is 9.59 Å². The molecule has 3 aromatic carbocycles. The van der Waals surface area contributed by atoms with E-state index in [1.54, 1.807) is 44.5 Å². The van der Waals surface area contributed by atoms with Gasteiger partial charge < -0.3 is 19.7 Å². The highest BCUT2D eigenvalue weighted by Gasteiger charge is 2.11. The molecule has 32 heavy (non-hydrogen) atoms. The average Bonchev–Trinajstić information content (AvgIpc) is 2.82. The molecular formula is C26H26N2O4. The number of nitrogens with one attached hydrogen (secondary N) is 1. The Bertz CT molecular complexity index is 1060. The van der Waals surface area contributed by atoms with Crippen LogP contribution in [0.5, 0.6) is 11.5 Å². The second-order valence-electron chi connectivity index (χ2n) is 7.15. The monoisotopic (exact) mass is 430 g/mol. The molecule has 0 fully saturated rings. The molecule has 0 aromatic heterocycles. The lowest BCUT2D eigenvalue weighted by Gasteiger charge is -2.15. The predicted molar refractivity (Wildman–Crippen MR) is 126 cm³/mol. The van der Waals surface area contributed by atoms with E-state index in [1.807, 2.05) is 54.6 Å². The largest absolute Gasteiger partial charge is 0.497 e. The molecule has 1 N–H and O–H groups in total. The first kappa shape index (κ1) is 22.6. The van der Waals surface area contributed by atoms with Crippen LogP contribution in [0, 0.1) is 0 Å². The number of rotatable bonds is 9. The third-order valence-corrected chi connectivity index (χ3v) is 4.66. The van der Waals surface area contributed by atoms with Gasteiger partial charge in [0.25, 0.3) is 0 Å². The summed E-state index contributed by atoms with van der Waals surface area (Å²) < 4.78 is 10.9. The van der Waals surface area contributed by atoms with Gasteiger partial charge in [-0.2, -0.15) is 0 Å². The quantitative estimate of drug-likeness (QED) is 0.512. The van der Waals surface area contributed by atoms with Crippen molar-refractivity contribution in [1.82, 2.24) is 4.90 Å². The molecule has 0 saturated heterocycles. The molecule has 0 aliphatic heterocycles. The third-order valence-electron chi connectivity index (χ3n) is 4.66. The first-order valence-corrected chi connectivity index (χ1v) is 10.2. The highest BCUT2D eigenvalue weighted by Crippen LogP contribution is 2.17. The first-order valence-electron chi connectivity index (χ1n) is 10.2. The van der Waals surface area contributed by atoms with Crippen molar-refractivity contribution in [2.75, 3.05) is 26.0 Å². The highest BCUT2D eigenvalue weighted by molar-refractivity contribution is 5.97. The van der Waals surface area contributed by atoms with Gasteiger partial charge in [0.15, 0.2) is 0 Å². The van der Waals surface area contributed by atoms with Crippen LogP contribution in [0.2, 0.25) is 0 Å². The number of benzene rings is 3. The van der Waals surface area contributed by atoms with E-state index in [0.717, 1.165) is 11.1 Å². The Kier molecular flexibility index (Phi) is 8.03. The lowest BCUT2D eigenvalue weighted by atomic mass is 10.2. The molecule has 0 radical (unpaired) electrons. The molecule has 6 nitrogen and oxygen atoms in total. The van der Waals surface area contributed by atoms with Gasteiger partial charge in [-0.15, -0.1) is 0 Å². The van der Waals surface area contributed by atoms with Crippen LogP contribution in [-0.2, 0) is 16.2 Å². The molecule has 3 rings (SSSR count). The van der Waals surface area contributed by atoms with E-state index in [1.165, 1.54) is 11.0 Å². The van der Waals surface area contributed by atoms with E-state index in [-0.39, 0.29) is 18.4 Å². The molecule has 0 bridgehead atoms. The van der Waals surface area contributed by atoms with Crippen LogP contribution in [0.4, 0.5) is 5.69 Å². The first-order chi connectivity index (χ1) is 15.5. The number of anilines is 1. The predicted octanol–water partition coefficient (Wildman–Crippen LogP) is 4.38. The molecular weight excluding hydrogens is 404 g/mol. The zero-order valence-electron chi connectivity index (χ0n) is 18.2. The molecule has 0 unspecified atom stereocenters. The average molecular weight is 431 g/mol. The van der Waals surface area contributed by atoms with Gasteiger partial charge >= 0.3 is 0 Å². The number of amides is 2. The molecule has 0 spiro atoms. The van der Waals surface area contributed by atoms with Gasteiger partial charge in [-0.25, -0.2) is 0 Å². The van der Waals surface area contributed by atoms with Crippen LogP contribution >= 0.6 is 0 Å². The number of methoxy groups -OCH3 is 1. The maximum Gasteiger partial charge on any atom is 0.246 e. The van der Waals surface area contributed by atoms with Crippen molar-refractivity contribution in [3.63, 3.8) is 0 Å². The Labute approximate surface area is 188 Å². The Morgan fingerprint density at radius 1 is 0.938 bits per heavy atom. The van der Waals surface area contributed by atoms with Crippen molar-refractivity contribution in [2.45, 2.75) is 6.61 Å². The van der Waals surface area contributed by atoms with Gasteiger partial charge in [-0.1, -0.05) is 42.5 Å². The maximum atomic E-state index is 12.3. The summed E-state index contributed by atoms with van der Waals surface area (Å²) in [6, 6.07) is 24.4. The number of carbonyl (C=O) groups is 2. The standard InChI is InChI=1S/C26H26N2O4/c1-28(26(30)16-11-20-9-6-10-24(17-20)31-2)18-25(29)27-22-12-14-23(15-13-22)32-19-21-7-4-3-5-8-21/h3-17H,18-19H2,1-2H3,(H,27,29)/b16-11+. The number of hydrogen-bond donors (Lipinski definition) is 1. The number of likely N-dealkylation sites (N-methyl/N-ethyl adjacent to an activating group) is 1. The van der Waals surface area contributed by atoms with Crippen molar-refractivity contribution >= 4 is 23.6 Å². The lowest BCUT2D eigenvalue weighted by Crippen LogP contribution is -2.33. The molecule has 3 aromatic rings. The van der Waals surface area contributed by atoms with Gasteiger partial charge in [0.1, 0.15) is 18.1 Å². The summed E-state index contributed by atoms with van der Waals surface area (Å²) in [5, 5.41) is 2.79. The fourth-order valence-electron chi connectivity index (χ4n) is 2.91. The third kappa shape index (κ3) is 7.02. The normalized spacial score (nSPS) is 10.6. The van der Waals surface area contributed by atoms with Gasteiger partial charge in [0, 0.05) is 18.8 Å². The molecule has 0 atom stereocenters. The molecule has 2 amide bonds. The van der Waals surface area contributed by atoms with E-state index >= 15 is 0 Å². The Morgan fingerprint density at radius 2 is 1.69 bits per heavy atom. The van der Waals surface area contributed by atoms with E-state index < -0.39 is 0 Å². The van der Waals surface area contributed by atoms with Crippen LogP contribution in [0.25, 0.3) is 6.08 Å². The van der Waals surface area contributed by atoms with E-state index in [0.29, 0.717) is 23.8 Å². The molecule has 0 aliphatic rings. The van der Waals surface area contributed by atoms with Crippen molar-refractivity contribution in [3.8, 4) is 11.5 Å². The summed E-state index contributed by atoms with van der Waals surface area (Å²) >= 11 is 0. The zero-order valence-corrected chi connectivity index (χ0v) is 18.2. The molecule has 0 heterocycles. The number of carbonyl (C=O) groups excluding carboxylic acids is 2. The molecule has 0 saturated carbocycles. The highest BCUT2D eigenvalue weighted by atomic mass is 16.5. The minimum atomic E-state index is -0.284. The summed E-state index contributed by atoms with van der Waals surface area (Å²) in [7, 11) is 3.17. The zero-order chi connectivity index (χ0) is 22.8. The minimum absolute atomic E-state index is 0.0620. The van der Waals surface area contributed by atoms with E-state index in [2.05, 4.69) is 5.32 Å². The van der Waals surface area contributed by atoms with Crippen molar-refractivity contribution in [1.29, 1.82) is 0 Å². The summed E-state index contributed by atoms with van der Waals surface area (Å²) in [5.41, 5.74) is 2.55. The SMILES string of the molecule is COc1cccc(/C=C/C(=O)N(C)CC(=O)Nc2ccc(OCc3ccccc3)cc2)c1. The number of ether oxygens (including phenoxy) is 2. The molecule has 164 valence electrons. The van der Waals surface area contributed by atoms with Crippen LogP contribution in [-0.4, -0.2) is 37.4 Å². The summed E-state index contributed by atoms with van der Waals surface area (Å²) in [4.78, 5) is 26.0. The van der Waals surface area contributed by atoms with Crippen molar-refractivity contribution < 1.29 is 19.1 Å². The summed E-state index contributed by atoms with van der Waals surface area (Å²) in [6.45, 7) is 0.413. The fourth-order valence-corrected chi connectivity index (χ4v) is 2.91. The lowest BCUT2D eigenvalue weighted by molar-refractivity contribution is -0.129. The van der Waals surface area contributed by atoms with Crippen LogP contribution in [0.1, 0.15) is 11.1 Å². The second-order valence-corrected chi connectivity index (χ2v) is 7.15. The van der Waals surface area contributed by atoms with E-state index in [4.69, 9.17) is 9.47 Å². The van der Waals surface area contributed by atoms with Crippen LogP contribution < -0.4 is 14.8 Å². The molecule has 6 heteroatoms. The van der Waals surface area contributed by atoms with Crippen LogP contribution in [0.3, 0.4) is 0 Å². The minimum Gasteiger partial charge on any atom is -0.497 e. The Hall–Kier alpha value is -4.06. The van der Waals surface area contributed by atoms with Gasteiger partial charge in [-0.3, -0.25) is 9.59 Å². The van der Waals surface area contributed by atoms with Crippen LogP contribution in [0.15, 0.2) is 84.9 Å². The Morgan fingerprint density at radius 3 is 2.41 bits per heavy atom. The van der Waals surface area contributed by atoms with Crippen molar-refractivity contribution in [3.05, 3.63) is 96.1 Å². The number of hydrogen-bond acceptors (Lipinski definition) is 4. The Balaban J connectivity index is 1.46. The van der Waals surface area contributed by atoms with Gasteiger partial charge in [-0.05, 0) is 53.6 Å². The number of nitrogens with zero attached hydrogens (tertiary/aromatic N) is 1. The smallest absolute Gasteiger partial charge is 0.246 e. The van der Waals surface area contributed by atoms with Gasteiger partial charge in [0.05, 0.1) is 13.7 Å². The van der Waals surface area contributed by atoms with Gasteiger partial charge in [0.2, 0.25) is 11.8 Å². The molecule has 0 aliphatic carbocycles. The summed E-state index contributed by atoms with van der Waals surface area (Å²) in [6.07, 6.45) is 3.12. The topological polar surface area (TPSA) is 67.9 Å². The fraction of sp³-hybridized carbons (Fsp3) is 0.154. The van der Waals surface area contributed by atoms with Crippen molar-refractivity contribution in [2.24, 2.45) is 0 Å². The summed E-state index contributed by atoms with van der Waals surface area (Å²) in [5.74, 6) is 0.867.